The van der Waals surface area contributed by atoms with Crippen LogP contribution >= 0.6 is 11.6 Å². The Bertz CT molecular complexity index is 1650. The summed E-state index contributed by atoms with van der Waals surface area (Å²) in [5.41, 5.74) is 1.44. The molecule has 9 heteroatoms. The Labute approximate surface area is 247 Å². The average Bonchev–Trinajstić information content (AvgIpc) is 3.01. The third-order valence-corrected chi connectivity index (χ3v) is 6.43. The molecule has 0 aliphatic rings. The van der Waals surface area contributed by atoms with Gasteiger partial charge in [0.2, 0.25) is 0 Å². The van der Waals surface area contributed by atoms with Gasteiger partial charge in [-0.2, -0.15) is 0 Å². The number of hydrogen-bond donors (Lipinski definition) is 2. The zero-order valence-electron chi connectivity index (χ0n) is 22.7. The first-order valence-corrected chi connectivity index (χ1v) is 13.0. The fraction of sp³-hybridized carbons (Fsp3) is 0.0606. The fourth-order valence-corrected chi connectivity index (χ4v) is 4.09. The molecule has 212 valence electrons. The maximum Gasteiger partial charge on any atom is 0.272 e. The van der Waals surface area contributed by atoms with Gasteiger partial charge in [0, 0.05) is 34.0 Å². The van der Waals surface area contributed by atoms with Crippen molar-refractivity contribution in [2.24, 2.45) is 0 Å². The molecule has 0 heterocycles. The molecule has 0 bridgehead atoms. The summed E-state index contributed by atoms with van der Waals surface area (Å²) in [6, 6.07) is 23.8. The van der Waals surface area contributed by atoms with Crippen LogP contribution in [0.3, 0.4) is 0 Å². The van der Waals surface area contributed by atoms with Crippen LogP contribution in [0.2, 0.25) is 5.02 Å². The second-order valence-electron chi connectivity index (χ2n) is 8.85. The van der Waals surface area contributed by atoms with Crippen molar-refractivity contribution in [2.75, 3.05) is 19.5 Å². The molecule has 0 aliphatic heterocycles. The third-order valence-electron chi connectivity index (χ3n) is 6.10. The van der Waals surface area contributed by atoms with Gasteiger partial charge >= 0.3 is 0 Å². The molecule has 7 nitrogen and oxygen atoms in total. The fourth-order valence-electron chi connectivity index (χ4n) is 3.87. The number of hydrogen-bond acceptors (Lipinski definition) is 5. The first-order valence-electron chi connectivity index (χ1n) is 12.7. The van der Waals surface area contributed by atoms with Crippen molar-refractivity contribution in [1.29, 1.82) is 0 Å². The summed E-state index contributed by atoms with van der Waals surface area (Å²) < 4.78 is 25.1. The summed E-state index contributed by atoms with van der Waals surface area (Å²) in [5, 5.41) is 5.27. The number of methoxy groups -OCH3 is 2. The Balaban J connectivity index is 1.52. The van der Waals surface area contributed by atoms with Crippen LogP contribution in [-0.4, -0.2) is 31.8 Å². The van der Waals surface area contributed by atoms with Crippen molar-refractivity contribution in [3.63, 3.8) is 0 Å². The van der Waals surface area contributed by atoms with Gasteiger partial charge in [0.25, 0.3) is 11.8 Å². The number of nitrogens with one attached hydrogen (secondary N) is 2. The summed E-state index contributed by atoms with van der Waals surface area (Å²) >= 11 is 6.16. The molecule has 42 heavy (non-hydrogen) atoms. The molecule has 4 rings (SSSR count). The average molecular weight is 585 g/mol. The SMILES string of the molecule is COc1ccc(/C=C/C(=O)c2ccc(NC(=O)/C(=C/c3c(F)cccc3Cl)NC(=O)c3ccccc3)cc2)c(OC)c1. The molecule has 0 aromatic heterocycles. The van der Waals surface area contributed by atoms with Crippen LogP contribution in [0.1, 0.15) is 31.8 Å². The van der Waals surface area contributed by atoms with E-state index in [1.165, 1.54) is 37.5 Å². The van der Waals surface area contributed by atoms with E-state index in [0.29, 0.717) is 33.9 Å². The minimum absolute atomic E-state index is 0.0566. The summed E-state index contributed by atoms with van der Waals surface area (Å²) in [6.45, 7) is 0. The van der Waals surface area contributed by atoms with E-state index in [4.69, 9.17) is 21.1 Å². The van der Waals surface area contributed by atoms with Crippen LogP contribution in [0.5, 0.6) is 11.5 Å². The molecular formula is C33H26ClFN2O5. The van der Waals surface area contributed by atoms with E-state index in [2.05, 4.69) is 10.6 Å². The largest absolute Gasteiger partial charge is 0.497 e. The predicted molar refractivity (Wildman–Crippen MR) is 161 cm³/mol. The van der Waals surface area contributed by atoms with Gasteiger partial charge in [0.05, 0.1) is 19.2 Å². The van der Waals surface area contributed by atoms with Gasteiger partial charge in [0.15, 0.2) is 5.78 Å². The number of carbonyl (C=O) groups is 3. The molecule has 0 saturated heterocycles. The van der Waals surface area contributed by atoms with E-state index in [1.54, 1.807) is 86.0 Å². The number of halogens is 2. The van der Waals surface area contributed by atoms with Gasteiger partial charge in [-0.05, 0) is 78.9 Å². The number of anilines is 1. The monoisotopic (exact) mass is 584 g/mol. The Morgan fingerprint density at radius 2 is 1.57 bits per heavy atom. The summed E-state index contributed by atoms with van der Waals surface area (Å²) in [4.78, 5) is 38.8. The number of rotatable bonds is 10. The summed E-state index contributed by atoms with van der Waals surface area (Å²) in [5.74, 6) is -1.03. The van der Waals surface area contributed by atoms with Crippen molar-refractivity contribution in [3.05, 3.63) is 136 Å². The minimum Gasteiger partial charge on any atom is -0.497 e. The van der Waals surface area contributed by atoms with E-state index in [-0.39, 0.29) is 22.1 Å². The Morgan fingerprint density at radius 1 is 0.833 bits per heavy atom. The molecule has 2 N–H and O–H groups in total. The Morgan fingerprint density at radius 3 is 2.24 bits per heavy atom. The highest BCUT2D eigenvalue weighted by Crippen LogP contribution is 2.26. The van der Waals surface area contributed by atoms with Crippen LogP contribution in [0.25, 0.3) is 12.2 Å². The molecule has 2 amide bonds. The molecule has 0 unspecified atom stereocenters. The maximum absolute atomic E-state index is 14.5. The molecule has 4 aromatic carbocycles. The molecule has 0 atom stereocenters. The molecule has 0 spiro atoms. The van der Waals surface area contributed by atoms with E-state index >= 15 is 0 Å². The number of ketones is 1. The smallest absolute Gasteiger partial charge is 0.272 e. The number of carbonyl (C=O) groups excluding carboxylic acids is 3. The van der Waals surface area contributed by atoms with Gasteiger partial charge in [-0.15, -0.1) is 0 Å². The van der Waals surface area contributed by atoms with Crippen LogP contribution < -0.4 is 20.1 Å². The van der Waals surface area contributed by atoms with Gasteiger partial charge in [-0.1, -0.05) is 35.9 Å². The lowest BCUT2D eigenvalue weighted by Gasteiger charge is -2.12. The van der Waals surface area contributed by atoms with Crippen LogP contribution in [-0.2, 0) is 4.79 Å². The lowest BCUT2D eigenvalue weighted by Crippen LogP contribution is -2.30. The van der Waals surface area contributed by atoms with Gasteiger partial charge < -0.3 is 20.1 Å². The van der Waals surface area contributed by atoms with Gasteiger partial charge in [-0.3, -0.25) is 14.4 Å². The topological polar surface area (TPSA) is 93.7 Å². The minimum atomic E-state index is -0.718. The van der Waals surface area contributed by atoms with Crippen molar-refractivity contribution in [2.45, 2.75) is 0 Å². The molecular weight excluding hydrogens is 559 g/mol. The molecule has 0 fully saturated rings. The first kappa shape index (κ1) is 29.8. The molecule has 0 aliphatic carbocycles. The van der Waals surface area contributed by atoms with Crippen LogP contribution in [0.4, 0.5) is 10.1 Å². The zero-order chi connectivity index (χ0) is 30.1. The summed E-state index contributed by atoms with van der Waals surface area (Å²) in [6.07, 6.45) is 4.22. The predicted octanol–water partition coefficient (Wildman–Crippen LogP) is 6.80. The molecule has 4 aromatic rings. The number of benzene rings is 4. The normalized spacial score (nSPS) is 11.2. The maximum atomic E-state index is 14.5. The van der Waals surface area contributed by atoms with E-state index in [1.807, 2.05) is 0 Å². The number of amides is 2. The summed E-state index contributed by atoms with van der Waals surface area (Å²) in [7, 11) is 3.08. The van der Waals surface area contributed by atoms with Gasteiger partial charge in [0.1, 0.15) is 23.0 Å². The first-order chi connectivity index (χ1) is 20.3. The second kappa shape index (κ2) is 13.9. The highest BCUT2D eigenvalue weighted by Gasteiger charge is 2.17. The van der Waals surface area contributed by atoms with E-state index < -0.39 is 17.6 Å². The highest BCUT2D eigenvalue weighted by atomic mass is 35.5. The van der Waals surface area contributed by atoms with Gasteiger partial charge in [-0.25, -0.2) is 4.39 Å². The Hall–Kier alpha value is -5.21. The lowest BCUT2D eigenvalue weighted by atomic mass is 10.1. The van der Waals surface area contributed by atoms with Crippen LogP contribution in [0, 0.1) is 5.82 Å². The van der Waals surface area contributed by atoms with Crippen molar-refractivity contribution >= 4 is 47.0 Å². The van der Waals surface area contributed by atoms with E-state index in [0.717, 1.165) is 0 Å². The van der Waals surface area contributed by atoms with E-state index in [9.17, 15) is 18.8 Å². The number of ether oxygens (including phenoxy) is 2. The van der Waals surface area contributed by atoms with Crippen LogP contribution in [0.15, 0.2) is 103 Å². The highest BCUT2D eigenvalue weighted by molar-refractivity contribution is 6.32. The second-order valence-corrected chi connectivity index (χ2v) is 9.26. The quantitative estimate of drug-likeness (QED) is 0.158. The lowest BCUT2D eigenvalue weighted by molar-refractivity contribution is -0.113. The van der Waals surface area contributed by atoms with Crippen molar-refractivity contribution in [1.82, 2.24) is 5.32 Å². The zero-order valence-corrected chi connectivity index (χ0v) is 23.4. The molecule has 0 radical (unpaired) electrons. The molecule has 0 saturated carbocycles. The van der Waals surface area contributed by atoms with Crippen molar-refractivity contribution < 1.29 is 28.2 Å². The standard InChI is InChI=1S/C33H26ClFN2O5/c1-41-25-17-13-22(31(19-25)42-2)14-18-30(38)21-11-15-24(16-12-21)36-33(40)29(20-26-27(34)9-6-10-28(26)35)37-32(39)23-7-4-3-5-8-23/h3-20H,1-2H3,(H,36,40)(H,37,39)/b18-14+,29-20-. The number of allylic oxidation sites excluding steroid dienone is 1. The Kier molecular flexibility index (Phi) is 9.86. The third kappa shape index (κ3) is 7.50. The van der Waals surface area contributed by atoms with Crippen molar-refractivity contribution in [3.8, 4) is 11.5 Å².